The van der Waals surface area contributed by atoms with Gasteiger partial charge in [-0.2, -0.15) is 0 Å². The van der Waals surface area contributed by atoms with Crippen molar-refractivity contribution in [3.8, 4) is 5.75 Å². The van der Waals surface area contributed by atoms with Gasteiger partial charge in [-0.3, -0.25) is 14.4 Å². The molecule has 2 aromatic rings. The summed E-state index contributed by atoms with van der Waals surface area (Å²) in [4.78, 5) is 53.4. The summed E-state index contributed by atoms with van der Waals surface area (Å²) in [5.74, 6) is -0.502. The van der Waals surface area contributed by atoms with Gasteiger partial charge in [0.2, 0.25) is 11.8 Å². The number of ether oxygens (including phenoxy) is 2. The van der Waals surface area contributed by atoms with E-state index >= 15 is 0 Å². The van der Waals surface area contributed by atoms with Crippen LogP contribution in [0.4, 0.5) is 5.69 Å². The number of hydrogen-bond acceptors (Lipinski definition) is 6. The molecule has 34 heavy (non-hydrogen) atoms. The van der Waals surface area contributed by atoms with E-state index in [1.165, 1.54) is 18.1 Å². The van der Waals surface area contributed by atoms with E-state index in [2.05, 4.69) is 12.2 Å². The van der Waals surface area contributed by atoms with Gasteiger partial charge in [0.05, 0.1) is 30.2 Å². The number of Topliss-reactive ketones (excluding diaryl/α,β-unsaturated/α-hetero) is 1. The minimum Gasteiger partial charge on any atom is -0.497 e. The number of methoxy groups -OCH3 is 1. The number of imide groups is 1. The second-order valence-electron chi connectivity index (χ2n) is 9.41. The van der Waals surface area contributed by atoms with E-state index in [0.717, 1.165) is 6.42 Å². The highest BCUT2D eigenvalue weighted by molar-refractivity contribution is 6.24. The number of amides is 2. The molecule has 0 aromatic heterocycles. The third kappa shape index (κ3) is 3.03. The number of allylic oxidation sites excluding steroid dienone is 2. The van der Waals surface area contributed by atoms with Crippen LogP contribution in [0.3, 0.4) is 0 Å². The molecule has 3 fully saturated rings. The van der Waals surface area contributed by atoms with Crippen molar-refractivity contribution in [1.82, 2.24) is 0 Å². The Bertz CT molecular complexity index is 1210. The summed E-state index contributed by atoms with van der Waals surface area (Å²) in [6.07, 6.45) is 5.31. The third-order valence-electron chi connectivity index (χ3n) is 7.77. The lowest BCUT2D eigenvalue weighted by Gasteiger charge is -2.37. The molecule has 0 spiro atoms. The Morgan fingerprint density at radius 2 is 1.53 bits per heavy atom. The van der Waals surface area contributed by atoms with Crippen LogP contribution in [0.15, 0.2) is 60.7 Å². The van der Waals surface area contributed by atoms with E-state index in [9.17, 15) is 19.2 Å². The van der Waals surface area contributed by atoms with Crippen LogP contribution in [0.25, 0.3) is 0 Å². The second-order valence-corrected chi connectivity index (χ2v) is 9.41. The van der Waals surface area contributed by atoms with E-state index in [-0.39, 0.29) is 52.5 Å². The molecule has 4 aliphatic carbocycles. The quantitative estimate of drug-likeness (QED) is 0.286. The van der Waals surface area contributed by atoms with Gasteiger partial charge in [0.1, 0.15) is 5.75 Å². The van der Waals surface area contributed by atoms with Crippen molar-refractivity contribution in [3.63, 3.8) is 0 Å². The molecule has 0 radical (unpaired) electrons. The summed E-state index contributed by atoms with van der Waals surface area (Å²) in [6.45, 7) is -0.454. The predicted molar refractivity (Wildman–Crippen MR) is 121 cm³/mol. The molecule has 7 heteroatoms. The number of nitrogens with zero attached hydrogens (tertiary/aromatic N) is 1. The second kappa shape index (κ2) is 7.65. The van der Waals surface area contributed by atoms with Gasteiger partial charge in [0, 0.05) is 5.56 Å². The number of rotatable bonds is 6. The summed E-state index contributed by atoms with van der Waals surface area (Å²) >= 11 is 0. The summed E-state index contributed by atoms with van der Waals surface area (Å²) in [5.41, 5.74) is 0.704. The smallest absolute Gasteiger partial charge is 0.340 e. The Morgan fingerprint density at radius 1 is 0.912 bits per heavy atom. The number of carbonyl (C=O) groups excluding carboxylic acids is 4. The molecule has 1 aliphatic heterocycles. The van der Waals surface area contributed by atoms with Gasteiger partial charge < -0.3 is 9.47 Å². The fourth-order valence-corrected chi connectivity index (χ4v) is 6.10. The van der Waals surface area contributed by atoms with Crippen molar-refractivity contribution in [3.05, 3.63) is 71.8 Å². The number of esters is 1. The number of hydrogen-bond donors (Lipinski definition) is 0. The van der Waals surface area contributed by atoms with Gasteiger partial charge in [0.15, 0.2) is 12.4 Å². The average molecular weight is 457 g/mol. The fraction of sp³-hybridized carbons (Fsp3) is 0.333. The van der Waals surface area contributed by atoms with Gasteiger partial charge in [-0.05, 0) is 66.5 Å². The molecule has 2 bridgehead atoms. The Labute approximate surface area is 196 Å². The van der Waals surface area contributed by atoms with Crippen molar-refractivity contribution < 1.29 is 28.7 Å². The van der Waals surface area contributed by atoms with E-state index in [1.54, 1.807) is 42.5 Å². The molecule has 7 rings (SSSR count). The topological polar surface area (TPSA) is 90.0 Å². The van der Waals surface area contributed by atoms with Gasteiger partial charge >= 0.3 is 5.97 Å². The summed E-state index contributed by atoms with van der Waals surface area (Å²) in [6, 6.07) is 12.9. The molecule has 1 saturated heterocycles. The minimum atomic E-state index is -0.753. The Kier molecular flexibility index (Phi) is 4.69. The van der Waals surface area contributed by atoms with E-state index in [0.29, 0.717) is 23.1 Å². The predicted octanol–water partition coefficient (Wildman–Crippen LogP) is 3.29. The van der Waals surface area contributed by atoms with Gasteiger partial charge in [-0.25, -0.2) is 9.69 Å². The lowest BCUT2D eigenvalue weighted by Crippen LogP contribution is -2.40. The van der Waals surface area contributed by atoms with Crippen LogP contribution in [-0.4, -0.2) is 37.3 Å². The zero-order valence-corrected chi connectivity index (χ0v) is 18.5. The first-order valence-corrected chi connectivity index (χ1v) is 11.5. The molecule has 0 N–H and O–H groups in total. The van der Waals surface area contributed by atoms with Crippen LogP contribution in [-0.2, 0) is 14.3 Å². The average Bonchev–Trinajstić information content (AvgIpc) is 3.65. The number of carbonyl (C=O) groups is 4. The zero-order valence-electron chi connectivity index (χ0n) is 18.5. The molecule has 7 nitrogen and oxygen atoms in total. The standard InChI is InChI=1S/C27H23NO6/c1-33-15-8-6-14(7-9-15)22(29)13-34-27(32)18-4-2-3-5-21(18)28-25(30)23-16-10-11-17(20-12-19(16)20)24(23)26(28)31/h2-11,16-17,19-20,23-24H,12-13H2,1H3/t16-,17+,19-,20-,23+,24-/m1/s1. The molecule has 0 unspecified atom stereocenters. The highest BCUT2D eigenvalue weighted by Crippen LogP contribution is 2.65. The molecule has 2 aromatic carbocycles. The number of para-hydroxylation sites is 1. The highest BCUT2D eigenvalue weighted by Gasteiger charge is 2.67. The van der Waals surface area contributed by atoms with E-state index in [4.69, 9.17) is 9.47 Å². The number of benzene rings is 2. The third-order valence-corrected chi connectivity index (χ3v) is 7.77. The van der Waals surface area contributed by atoms with E-state index < -0.39 is 12.6 Å². The fourth-order valence-electron chi connectivity index (χ4n) is 6.10. The molecular formula is C27H23NO6. The van der Waals surface area contributed by atoms with Crippen molar-refractivity contribution in [1.29, 1.82) is 0 Å². The molecule has 5 aliphatic rings. The molecular weight excluding hydrogens is 434 g/mol. The lowest BCUT2D eigenvalue weighted by atomic mass is 9.63. The first-order chi connectivity index (χ1) is 16.5. The summed E-state index contributed by atoms with van der Waals surface area (Å²) in [5, 5.41) is 0. The molecule has 6 atom stereocenters. The lowest BCUT2D eigenvalue weighted by molar-refractivity contribution is -0.124. The Morgan fingerprint density at radius 3 is 2.15 bits per heavy atom. The zero-order chi connectivity index (χ0) is 23.6. The van der Waals surface area contributed by atoms with Gasteiger partial charge in [-0.15, -0.1) is 0 Å². The van der Waals surface area contributed by atoms with Crippen LogP contribution in [0.2, 0.25) is 0 Å². The van der Waals surface area contributed by atoms with Crippen molar-refractivity contribution in [2.75, 3.05) is 18.6 Å². The van der Waals surface area contributed by atoms with Crippen molar-refractivity contribution >= 4 is 29.3 Å². The minimum absolute atomic E-state index is 0.0934. The first-order valence-electron chi connectivity index (χ1n) is 11.5. The highest BCUT2D eigenvalue weighted by atomic mass is 16.5. The largest absolute Gasteiger partial charge is 0.497 e. The van der Waals surface area contributed by atoms with Crippen LogP contribution >= 0.6 is 0 Å². The van der Waals surface area contributed by atoms with Gasteiger partial charge in [0.25, 0.3) is 0 Å². The van der Waals surface area contributed by atoms with Crippen LogP contribution < -0.4 is 9.64 Å². The monoisotopic (exact) mass is 457 g/mol. The molecule has 172 valence electrons. The first kappa shape index (κ1) is 20.8. The Balaban J connectivity index is 1.22. The number of anilines is 1. The number of ketones is 1. The summed E-state index contributed by atoms with van der Waals surface area (Å²) in [7, 11) is 1.53. The molecule has 2 amide bonds. The maximum absolute atomic E-state index is 13.4. The molecule has 2 saturated carbocycles. The van der Waals surface area contributed by atoms with Crippen molar-refractivity contribution in [2.45, 2.75) is 6.42 Å². The van der Waals surface area contributed by atoms with Crippen LogP contribution in [0, 0.1) is 35.5 Å². The SMILES string of the molecule is COc1ccc(C(=O)COC(=O)c2ccccc2N2C(=O)[C@@H]3[C@H]4C=C[C@H]([C@H]5C[C@H]45)[C@@H]3C2=O)cc1. The maximum atomic E-state index is 13.4. The summed E-state index contributed by atoms with van der Waals surface area (Å²) < 4.78 is 10.4. The van der Waals surface area contributed by atoms with Crippen LogP contribution in [0.5, 0.6) is 5.75 Å². The molecule has 1 heterocycles. The van der Waals surface area contributed by atoms with Crippen LogP contribution in [0.1, 0.15) is 27.1 Å². The maximum Gasteiger partial charge on any atom is 0.340 e. The Hall–Kier alpha value is -3.74. The van der Waals surface area contributed by atoms with Gasteiger partial charge in [-0.1, -0.05) is 24.3 Å². The van der Waals surface area contributed by atoms with E-state index in [1.807, 2.05) is 0 Å². The normalized spacial score (nSPS) is 30.1. The van der Waals surface area contributed by atoms with Crippen molar-refractivity contribution in [2.24, 2.45) is 35.5 Å².